The molecule has 3 N–H and O–H groups in total. The summed E-state index contributed by atoms with van der Waals surface area (Å²) in [6.45, 7) is 0.456. The van der Waals surface area contributed by atoms with E-state index in [9.17, 15) is 35.4 Å². The van der Waals surface area contributed by atoms with E-state index in [-0.39, 0.29) is 61.9 Å². The van der Waals surface area contributed by atoms with Gasteiger partial charge in [0.25, 0.3) is 30.4 Å². The first kappa shape index (κ1) is 29.8. The zero-order valence-corrected chi connectivity index (χ0v) is 20.4. The van der Waals surface area contributed by atoms with Gasteiger partial charge in [-0.2, -0.15) is 25.3 Å². The summed E-state index contributed by atoms with van der Waals surface area (Å²) in [5, 5.41) is 11.7. The topological polar surface area (TPSA) is 234 Å². The van der Waals surface area contributed by atoms with Crippen LogP contribution in [0.15, 0.2) is 6.07 Å². The van der Waals surface area contributed by atoms with Crippen molar-refractivity contribution in [2.45, 2.75) is 26.2 Å². The number of ether oxygens (including phenoxy) is 3. The van der Waals surface area contributed by atoms with Gasteiger partial charge in [-0.05, 0) is 26.2 Å². The lowest BCUT2D eigenvalue weighted by Gasteiger charge is -2.17. The fourth-order valence-corrected chi connectivity index (χ4v) is 4.02. The van der Waals surface area contributed by atoms with E-state index in [0.29, 0.717) is 0 Å². The molecule has 0 aliphatic heterocycles. The summed E-state index contributed by atoms with van der Waals surface area (Å²) in [5.41, 5.74) is -0.572. The summed E-state index contributed by atoms with van der Waals surface area (Å²) in [5.74, 6) is -2.68. The molecule has 18 heteroatoms. The minimum absolute atomic E-state index is 0.0181. The Morgan fingerprint density at radius 2 is 1.15 bits per heavy atom. The summed E-state index contributed by atoms with van der Waals surface area (Å²) in [6.07, 6.45) is -0.539. The Hall–Kier alpha value is -2.25. The number of benzene rings is 1. The van der Waals surface area contributed by atoms with Crippen LogP contribution in [0.2, 0.25) is 0 Å². The maximum atomic E-state index is 11.7. The van der Waals surface area contributed by atoms with Crippen molar-refractivity contribution in [3.63, 3.8) is 0 Å². The molecular weight excluding hydrogens is 526 g/mol. The molecule has 0 aromatic heterocycles. The molecule has 0 saturated carbocycles. The smallest absolute Gasteiger partial charge is 0.352 e. The molecule has 0 spiro atoms. The van der Waals surface area contributed by atoms with Gasteiger partial charge in [-0.25, -0.2) is 0 Å². The van der Waals surface area contributed by atoms with Crippen LogP contribution in [0.1, 0.15) is 24.8 Å². The van der Waals surface area contributed by atoms with E-state index in [1.807, 2.05) is 0 Å². The third-order valence-corrected chi connectivity index (χ3v) is 6.42. The van der Waals surface area contributed by atoms with Crippen LogP contribution in [-0.2, 0) is 30.4 Å². The molecule has 0 amide bonds. The van der Waals surface area contributed by atoms with E-state index < -0.39 is 58.2 Å². The largest absolute Gasteiger partial charge is 0.493 e. The second-order valence-corrected chi connectivity index (χ2v) is 11.6. The maximum absolute atomic E-state index is 11.7. The molecule has 0 heterocycles. The summed E-state index contributed by atoms with van der Waals surface area (Å²) >= 11 is 0. The number of hydrogen-bond acceptors (Lipinski definition) is 11. The summed E-state index contributed by atoms with van der Waals surface area (Å²) in [6, 6.07) is 1.11. The highest BCUT2D eigenvalue weighted by Crippen LogP contribution is 2.44. The van der Waals surface area contributed by atoms with E-state index in [0.717, 1.165) is 6.07 Å². The average Bonchev–Trinajstić information content (AvgIpc) is 2.65. The molecule has 0 aliphatic carbocycles. The molecular formula is C16H25NO14S3. The quantitative estimate of drug-likeness (QED) is 0.112. The van der Waals surface area contributed by atoms with Gasteiger partial charge >= 0.3 is 5.69 Å². The highest BCUT2D eigenvalue weighted by Gasteiger charge is 2.28. The molecule has 15 nitrogen and oxygen atoms in total. The Morgan fingerprint density at radius 3 is 1.53 bits per heavy atom. The van der Waals surface area contributed by atoms with Crippen molar-refractivity contribution in [3.8, 4) is 17.2 Å². The van der Waals surface area contributed by atoms with Gasteiger partial charge in [0.2, 0.25) is 11.5 Å². The lowest BCUT2D eigenvalue weighted by Crippen LogP contribution is -2.13. The Labute approximate surface area is 196 Å². The summed E-state index contributed by atoms with van der Waals surface area (Å²) < 4.78 is 108. The molecule has 0 aliphatic rings. The molecule has 0 atom stereocenters. The first-order valence-corrected chi connectivity index (χ1v) is 14.4. The van der Waals surface area contributed by atoms with Crippen LogP contribution in [-0.4, -0.2) is 80.9 Å². The second kappa shape index (κ2) is 12.5. The van der Waals surface area contributed by atoms with Gasteiger partial charge in [0, 0.05) is 11.6 Å². The lowest BCUT2D eigenvalue weighted by molar-refractivity contribution is -0.387. The Kier molecular flexibility index (Phi) is 10.9. The molecule has 0 fully saturated rings. The van der Waals surface area contributed by atoms with Crippen LogP contribution in [0, 0.1) is 17.0 Å². The van der Waals surface area contributed by atoms with Crippen molar-refractivity contribution in [1.29, 1.82) is 0 Å². The number of rotatable bonds is 16. The van der Waals surface area contributed by atoms with Crippen LogP contribution in [0.25, 0.3) is 0 Å². The molecule has 1 aromatic rings. The Morgan fingerprint density at radius 1 is 0.765 bits per heavy atom. The highest BCUT2D eigenvalue weighted by molar-refractivity contribution is 7.86. The van der Waals surface area contributed by atoms with Crippen LogP contribution in [0.3, 0.4) is 0 Å². The lowest BCUT2D eigenvalue weighted by atomic mass is 10.1. The monoisotopic (exact) mass is 551 g/mol. The fourth-order valence-electron chi connectivity index (χ4n) is 2.57. The van der Waals surface area contributed by atoms with E-state index in [4.69, 9.17) is 27.9 Å². The minimum Gasteiger partial charge on any atom is -0.493 e. The predicted molar refractivity (Wildman–Crippen MR) is 117 cm³/mol. The van der Waals surface area contributed by atoms with Gasteiger partial charge in [0.1, 0.15) is 5.75 Å². The van der Waals surface area contributed by atoms with Gasteiger partial charge in [-0.15, -0.1) is 0 Å². The maximum Gasteiger partial charge on any atom is 0.352 e. The Balaban J connectivity index is 3.20. The van der Waals surface area contributed by atoms with Crippen molar-refractivity contribution >= 4 is 36.0 Å². The number of nitrogens with zero attached hydrogens (tertiary/aromatic N) is 1. The predicted octanol–water partition coefficient (Wildman–Crippen LogP) is 0.873. The fraction of sp³-hybridized carbons (Fsp3) is 0.625. The summed E-state index contributed by atoms with van der Waals surface area (Å²) in [7, 11) is -12.8. The van der Waals surface area contributed by atoms with Crippen LogP contribution < -0.4 is 14.2 Å². The van der Waals surface area contributed by atoms with Gasteiger partial charge in [-0.3, -0.25) is 23.8 Å². The molecule has 196 valence electrons. The average molecular weight is 552 g/mol. The number of nitro benzene ring substituents is 1. The van der Waals surface area contributed by atoms with Crippen LogP contribution in [0.5, 0.6) is 17.2 Å². The first-order valence-electron chi connectivity index (χ1n) is 9.56. The van der Waals surface area contributed by atoms with Gasteiger partial charge in [0.15, 0.2) is 0 Å². The molecule has 0 bridgehead atoms. The van der Waals surface area contributed by atoms with Crippen LogP contribution >= 0.6 is 0 Å². The third-order valence-electron chi connectivity index (χ3n) is 4.00. The van der Waals surface area contributed by atoms with Crippen molar-refractivity contribution in [2.75, 3.05) is 37.1 Å². The van der Waals surface area contributed by atoms with Gasteiger partial charge in [-0.1, -0.05) is 0 Å². The first-order chi connectivity index (χ1) is 15.5. The highest BCUT2D eigenvalue weighted by atomic mass is 32.2. The molecule has 0 saturated heterocycles. The SMILES string of the molecule is Cc1c(OCCCS(=O)(=O)O)cc(OCCCS(=O)(=O)O)c([N+](=O)[O-])c1OCCCS(=O)(=O)O. The normalized spacial score (nSPS) is 12.4. The number of nitro groups is 1. The van der Waals surface area contributed by atoms with Crippen LogP contribution in [0.4, 0.5) is 5.69 Å². The van der Waals surface area contributed by atoms with E-state index >= 15 is 0 Å². The minimum atomic E-state index is -4.29. The van der Waals surface area contributed by atoms with Gasteiger partial charge in [0.05, 0.1) is 42.0 Å². The third kappa shape index (κ3) is 11.7. The van der Waals surface area contributed by atoms with Crippen molar-refractivity contribution in [1.82, 2.24) is 0 Å². The van der Waals surface area contributed by atoms with E-state index in [1.54, 1.807) is 0 Å². The molecule has 0 unspecified atom stereocenters. The zero-order valence-electron chi connectivity index (χ0n) is 17.9. The zero-order chi connectivity index (χ0) is 26.2. The summed E-state index contributed by atoms with van der Waals surface area (Å²) in [4.78, 5) is 10.9. The van der Waals surface area contributed by atoms with Gasteiger partial charge < -0.3 is 14.2 Å². The number of hydrogen-bond donors (Lipinski definition) is 3. The molecule has 34 heavy (non-hydrogen) atoms. The van der Waals surface area contributed by atoms with Crippen molar-refractivity contribution < 1.29 is 58.0 Å². The molecule has 1 rings (SSSR count). The van der Waals surface area contributed by atoms with Crippen molar-refractivity contribution in [3.05, 3.63) is 21.7 Å². The van der Waals surface area contributed by atoms with E-state index in [1.165, 1.54) is 6.92 Å². The standard InChI is InChI=1S/C16H25NO14S3/c1-12-13(29-5-2-8-32(20,21)22)11-14(30-6-3-9-33(23,24)25)15(17(18)19)16(12)31-7-4-10-34(26,27)28/h11H,2-10H2,1H3,(H,20,21,22)(H,23,24,25)(H,26,27,28). The van der Waals surface area contributed by atoms with E-state index in [2.05, 4.69) is 0 Å². The second-order valence-electron chi connectivity index (χ2n) is 6.90. The Bertz CT molecular complexity index is 1180. The molecule has 0 radical (unpaired) electrons. The van der Waals surface area contributed by atoms with Crippen molar-refractivity contribution in [2.24, 2.45) is 0 Å². The molecule has 1 aromatic carbocycles.